The predicted molar refractivity (Wildman–Crippen MR) is 104 cm³/mol. The van der Waals surface area contributed by atoms with E-state index < -0.39 is 28.0 Å². The van der Waals surface area contributed by atoms with Crippen molar-refractivity contribution in [3.63, 3.8) is 0 Å². The van der Waals surface area contributed by atoms with Crippen molar-refractivity contribution in [2.75, 3.05) is 18.4 Å². The molecule has 1 aliphatic rings. The molecule has 0 aromatic heterocycles. The number of ether oxygens (including phenoxy) is 1. The summed E-state index contributed by atoms with van der Waals surface area (Å²) in [6.07, 6.45) is 0.708. The summed E-state index contributed by atoms with van der Waals surface area (Å²) in [6.45, 7) is 2.50. The van der Waals surface area contributed by atoms with E-state index in [1.54, 1.807) is 24.3 Å². The zero-order valence-corrected chi connectivity index (χ0v) is 16.3. The van der Waals surface area contributed by atoms with Crippen molar-refractivity contribution in [3.05, 3.63) is 60.2 Å². The number of rotatable bonds is 6. The molecular weight excluding hydrogens is 380 g/mol. The maximum atomic E-state index is 12.5. The number of esters is 1. The Balaban J connectivity index is 1.62. The lowest BCUT2D eigenvalue weighted by Gasteiger charge is -2.16. The molecule has 0 aliphatic carbocycles. The number of carbonyl (C=O) groups excluding carboxylic acids is 2. The monoisotopic (exact) mass is 402 g/mol. The Morgan fingerprint density at radius 1 is 1.00 bits per heavy atom. The molecule has 0 radical (unpaired) electrons. The van der Waals surface area contributed by atoms with Crippen molar-refractivity contribution >= 4 is 27.6 Å². The highest BCUT2D eigenvalue weighted by Crippen LogP contribution is 2.21. The van der Waals surface area contributed by atoms with Gasteiger partial charge in [0.15, 0.2) is 6.10 Å². The van der Waals surface area contributed by atoms with Gasteiger partial charge in [0.1, 0.15) is 0 Å². The van der Waals surface area contributed by atoms with Crippen LogP contribution in [0.15, 0.2) is 59.5 Å². The molecule has 1 aliphatic heterocycles. The molecule has 3 rings (SSSR count). The van der Waals surface area contributed by atoms with E-state index >= 15 is 0 Å². The molecule has 28 heavy (non-hydrogen) atoms. The fraction of sp³-hybridized carbons (Fsp3) is 0.300. The van der Waals surface area contributed by atoms with Crippen molar-refractivity contribution in [2.45, 2.75) is 30.8 Å². The van der Waals surface area contributed by atoms with E-state index in [0.717, 1.165) is 12.8 Å². The molecule has 8 heteroatoms. The van der Waals surface area contributed by atoms with E-state index in [2.05, 4.69) is 5.32 Å². The number of amides is 1. The maximum Gasteiger partial charge on any atom is 0.338 e. The van der Waals surface area contributed by atoms with Gasteiger partial charge in [-0.15, -0.1) is 0 Å². The summed E-state index contributed by atoms with van der Waals surface area (Å²) in [4.78, 5) is 24.5. The topological polar surface area (TPSA) is 92.8 Å². The van der Waals surface area contributed by atoms with Gasteiger partial charge in [-0.05, 0) is 56.2 Å². The van der Waals surface area contributed by atoms with Crippen LogP contribution in [-0.2, 0) is 19.6 Å². The number of hydrogen-bond donors (Lipinski definition) is 1. The van der Waals surface area contributed by atoms with E-state index in [4.69, 9.17) is 4.74 Å². The number of hydrogen-bond acceptors (Lipinski definition) is 5. The third kappa shape index (κ3) is 4.58. The second kappa shape index (κ2) is 8.53. The molecule has 7 nitrogen and oxygen atoms in total. The number of anilines is 1. The van der Waals surface area contributed by atoms with Crippen LogP contribution < -0.4 is 5.32 Å². The molecule has 2 aromatic rings. The van der Waals surface area contributed by atoms with Crippen molar-refractivity contribution in [3.8, 4) is 0 Å². The fourth-order valence-electron chi connectivity index (χ4n) is 2.89. The molecule has 1 fully saturated rings. The van der Waals surface area contributed by atoms with E-state index in [9.17, 15) is 18.0 Å². The van der Waals surface area contributed by atoms with Gasteiger partial charge in [-0.3, -0.25) is 4.79 Å². The summed E-state index contributed by atoms with van der Waals surface area (Å²) in [5.41, 5.74) is 0.784. The molecule has 0 bridgehead atoms. The number of para-hydroxylation sites is 1. The summed E-state index contributed by atoms with van der Waals surface area (Å²) in [5.74, 6) is -1.14. The Morgan fingerprint density at radius 2 is 1.61 bits per heavy atom. The molecule has 1 N–H and O–H groups in total. The van der Waals surface area contributed by atoms with Crippen molar-refractivity contribution in [1.29, 1.82) is 0 Å². The molecule has 0 saturated carbocycles. The van der Waals surface area contributed by atoms with Crippen LogP contribution in [0.4, 0.5) is 5.69 Å². The lowest BCUT2D eigenvalue weighted by molar-refractivity contribution is -0.123. The van der Waals surface area contributed by atoms with Crippen LogP contribution in [0.2, 0.25) is 0 Å². The normalized spacial score (nSPS) is 15.8. The average molecular weight is 402 g/mol. The summed E-state index contributed by atoms with van der Waals surface area (Å²) in [6, 6.07) is 14.4. The van der Waals surface area contributed by atoms with E-state index in [1.807, 2.05) is 6.07 Å². The molecule has 1 heterocycles. The lowest BCUT2D eigenvalue weighted by Crippen LogP contribution is -2.30. The van der Waals surface area contributed by atoms with Gasteiger partial charge in [-0.1, -0.05) is 18.2 Å². The first-order valence-corrected chi connectivity index (χ1v) is 10.5. The van der Waals surface area contributed by atoms with Crippen LogP contribution in [0, 0.1) is 0 Å². The highest BCUT2D eigenvalue weighted by molar-refractivity contribution is 7.89. The minimum absolute atomic E-state index is 0.140. The van der Waals surface area contributed by atoms with Crippen molar-refractivity contribution in [1.82, 2.24) is 4.31 Å². The second-order valence-corrected chi connectivity index (χ2v) is 8.48. The van der Waals surface area contributed by atoms with E-state index in [0.29, 0.717) is 18.8 Å². The SMILES string of the molecule is C[C@@H](OC(=O)c1ccc(S(=O)(=O)N2CCCC2)cc1)C(=O)Nc1ccccc1. The van der Waals surface area contributed by atoms with Crippen molar-refractivity contribution < 1.29 is 22.7 Å². The van der Waals surface area contributed by atoms with Gasteiger partial charge in [0.2, 0.25) is 10.0 Å². The standard InChI is InChI=1S/C20H22N2O5S/c1-15(19(23)21-17-7-3-2-4-8-17)27-20(24)16-9-11-18(12-10-16)28(25,26)22-13-5-6-14-22/h2-4,7-12,15H,5-6,13-14H2,1H3,(H,21,23)/t15-/m1/s1. The Hall–Kier alpha value is -2.71. The molecule has 1 amide bonds. The van der Waals surface area contributed by atoms with E-state index in [-0.39, 0.29) is 10.5 Å². The first-order valence-electron chi connectivity index (χ1n) is 9.05. The van der Waals surface area contributed by atoms with Crippen LogP contribution in [0.5, 0.6) is 0 Å². The molecule has 148 valence electrons. The zero-order chi connectivity index (χ0) is 20.1. The molecule has 1 saturated heterocycles. The second-order valence-electron chi connectivity index (χ2n) is 6.54. The summed E-state index contributed by atoms with van der Waals surface area (Å²) in [7, 11) is -3.54. The summed E-state index contributed by atoms with van der Waals surface area (Å²) < 4.78 is 31.7. The third-order valence-corrected chi connectivity index (χ3v) is 6.40. The van der Waals surface area contributed by atoms with Crippen LogP contribution in [0.3, 0.4) is 0 Å². The number of carbonyl (C=O) groups is 2. The van der Waals surface area contributed by atoms with Crippen LogP contribution >= 0.6 is 0 Å². The van der Waals surface area contributed by atoms with Gasteiger partial charge in [-0.2, -0.15) is 4.31 Å². The molecule has 0 spiro atoms. The average Bonchev–Trinajstić information content (AvgIpc) is 3.24. The Labute approximate surface area is 164 Å². The minimum Gasteiger partial charge on any atom is -0.449 e. The van der Waals surface area contributed by atoms with Gasteiger partial charge >= 0.3 is 5.97 Å². The minimum atomic E-state index is -3.54. The van der Waals surface area contributed by atoms with Crippen LogP contribution in [0.1, 0.15) is 30.1 Å². The molecular formula is C20H22N2O5S. The maximum absolute atomic E-state index is 12.5. The van der Waals surface area contributed by atoms with Crippen LogP contribution in [0.25, 0.3) is 0 Å². The smallest absolute Gasteiger partial charge is 0.338 e. The Kier molecular flexibility index (Phi) is 6.11. The van der Waals surface area contributed by atoms with Gasteiger partial charge in [-0.25, -0.2) is 13.2 Å². The largest absolute Gasteiger partial charge is 0.449 e. The zero-order valence-electron chi connectivity index (χ0n) is 15.5. The van der Waals surface area contributed by atoms with E-state index in [1.165, 1.54) is 35.5 Å². The number of sulfonamides is 1. The molecule has 2 aromatic carbocycles. The number of nitrogens with zero attached hydrogens (tertiary/aromatic N) is 1. The van der Waals surface area contributed by atoms with Gasteiger partial charge in [0.05, 0.1) is 10.5 Å². The Morgan fingerprint density at radius 3 is 2.21 bits per heavy atom. The van der Waals surface area contributed by atoms with Gasteiger partial charge in [0, 0.05) is 18.8 Å². The molecule has 1 atom stereocenters. The van der Waals surface area contributed by atoms with Crippen LogP contribution in [-0.4, -0.2) is 43.8 Å². The van der Waals surface area contributed by atoms with Crippen molar-refractivity contribution in [2.24, 2.45) is 0 Å². The first-order chi connectivity index (χ1) is 13.4. The highest BCUT2D eigenvalue weighted by Gasteiger charge is 2.27. The van der Waals surface area contributed by atoms with Gasteiger partial charge < -0.3 is 10.1 Å². The number of nitrogens with one attached hydrogen (secondary N) is 1. The summed E-state index contributed by atoms with van der Waals surface area (Å²) in [5, 5.41) is 2.66. The molecule has 0 unspecified atom stereocenters. The first kappa shape index (κ1) is 20.0. The third-order valence-electron chi connectivity index (χ3n) is 4.49. The highest BCUT2D eigenvalue weighted by atomic mass is 32.2. The quantitative estimate of drug-likeness (QED) is 0.750. The predicted octanol–water partition coefficient (Wildman–Crippen LogP) is 2.66. The Bertz CT molecular complexity index is 936. The van der Waals surface area contributed by atoms with Gasteiger partial charge in [0.25, 0.3) is 5.91 Å². The summed E-state index contributed by atoms with van der Waals surface area (Å²) >= 11 is 0. The number of benzene rings is 2. The lowest BCUT2D eigenvalue weighted by atomic mass is 10.2. The fourth-order valence-corrected chi connectivity index (χ4v) is 4.41.